The fourth-order valence-electron chi connectivity index (χ4n) is 4.54. The molecule has 7 nitrogen and oxygen atoms in total. The molecular formula is C28H27NO6. The van der Waals surface area contributed by atoms with E-state index in [1.807, 2.05) is 55.5 Å². The molecule has 0 N–H and O–H groups in total. The highest BCUT2D eigenvalue weighted by atomic mass is 16.5. The highest BCUT2D eigenvalue weighted by molar-refractivity contribution is 6.16. The van der Waals surface area contributed by atoms with E-state index in [1.165, 1.54) is 0 Å². The molecule has 0 aromatic heterocycles. The second-order valence-corrected chi connectivity index (χ2v) is 8.51. The van der Waals surface area contributed by atoms with Gasteiger partial charge in [-0.15, -0.1) is 0 Å². The number of carbonyl (C=O) groups excluding carboxylic acids is 1. The normalized spacial score (nSPS) is 15.8. The number of rotatable bonds is 6. The number of carbonyl (C=O) groups is 1. The predicted molar refractivity (Wildman–Crippen MR) is 131 cm³/mol. The molecule has 0 atom stereocenters. The maximum atomic E-state index is 13.3. The van der Waals surface area contributed by atoms with Gasteiger partial charge >= 0.3 is 0 Å². The first-order chi connectivity index (χ1) is 17.0. The average molecular weight is 474 g/mol. The van der Waals surface area contributed by atoms with E-state index in [1.54, 1.807) is 27.4 Å². The molecule has 0 spiro atoms. The van der Waals surface area contributed by atoms with Gasteiger partial charge in [-0.05, 0) is 48.4 Å². The minimum atomic E-state index is -0.136. The molecule has 2 heterocycles. The Kier molecular flexibility index (Phi) is 6.09. The van der Waals surface area contributed by atoms with Crippen LogP contribution >= 0.6 is 0 Å². The molecule has 0 fully saturated rings. The third-order valence-corrected chi connectivity index (χ3v) is 6.27. The maximum Gasteiger partial charge on any atom is 0.232 e. The first-order valence-corrected chi connectivity index (χ1v) is 11.3. The van der Waals surface area contributed by atoms with Crippen LogP contribution in [0.15, 0.2) is 54.3 Å². The number of aryl methyl sites for hydroxylation is 1. The molecule has 7 heteroatoms. The molecule has 2 aliphatic heterocycles. The van der Waals surface area contributed by atoms with Crippen LogP contribution in [0.3, 0.4) is 0 Å². The fourth-order valence-corrected chi connectivity index (χ4v) is 4.54. The van der Waals surface area contributed by atoms with Crippen molar-refractivity contribution in [2.24, 2.45) is 0 Å². The molecule has 0 radical (unpaired) electrons. The van der Waals surface area contributed by atoms with E-state index in [0.717, 1.165) is 28.0 Å². The molecule has 0 saturated heterocycles. The van der Waals surface area contributed by atoms with Crippen molar-refractivity contribution in [2.75, 3.05) is 28.1 Å². The van der Waals surface area contributed by atoms with Crippen molar-refractivity contribution in [3.8, 4) is 28.7 Å². The number of ether oxygens (including phenoxy) is 5. The summed E-state index contributed by atoms with van der Waals surface area (Å²) in [7, 11) is 4.85. The van der Waals surface area contributed by atoms with Gasteiger partial charge in [-0.25, -0.2) is 0 Å². The van der Waals surface area contributed by atoms with Crippen LogP contribution in [0.2, 0.25) is 0 Å². The van der Waals surface area contributed by atoms with Crippen molar-refractivity contribution in [1.29, 1.82) is 0 Å². The van der Waals surface area contributed by atoms with E-state index < -0.39 is 0 Å². The van der Waals surface area contributed by atoms with Gasteiger partial charge in [-0.1, -0.05) is 24.3 Å². The Labute approximate surface area is 204 Å². The Bertz CT molecular complexity index is 1330. The number of methoxy groups -OCH3 is 3. The van der Waals surface area contributed by atoms with Crippen molar-refractivity contribution in [3.05, 3.63) is 82.1 Å². The van der Waals surface area contributed by atoms with E-state index in [-0.39, 0.29) is 11.5 Å². The molecular weight excluding hydrogens is 446 g/mol. The van der Waals surface area contributed by atoms with Gasteiger partial charge < -0.3 is 23.7 Å². The van der Waals surface area contributed by atoms with E-state index in [9.17, 15) is 4.79 Å². The van der Waals surface area contributed by atoms with Gasteiger partial charge in [0.15, 0.2) is 17.3 Å². The lowest BCUT2D eigenvalue weighted by Crippen LogP contribution is -2.31. The number of benzene rings is 3. The maximum absolute atomic E-state index is 13.3. The lowest BCUT2D eigenvalue weighted by Gasteiger charge is -2.30. The highest BCUT2D eigenvalue weighted by Gasteiger charge is 2.35. The minimum Gasteiger partial charge on any atom is -0.496 e. The standard InChI is InChI=1S/C28H27NO6/c1-17-11-23-20(15-29(16-34-23)14-18-9-10-22(32-3)24(12-18)33-4)28-26(17)27(30)25(35-28)13-19-7-5-6-8-21(19)31-2/h5-13H,14-16H2,1-4H3/b25-13-. The van der Waals surface area contributed by atoms with Crippen LogP contribution in [0.25, 0.3) is 6.08 Å². The third-order valence-electron chi connectivity index (χ3n) is 6.27. The minimum absolute atomic E-state index is 0.136. The van der Waals surface area contributed by atoms with Crippen LogP contribution < -0.4 is 23.7 Å². The van der Waals surface area contributed by atoms with E-state index in [4.69, 9.17) is 23.7 Å². The number of allylic oxidation sites excluding steroid dienone is 1. The van der Waals surface area contributed by atoms with Crippen LogP contribution in [0.4, 0.5) is 0 Å². The fraction of sp³-hybridized carbons (Fsp3) is 0.250. The number of ketones is 1. The van der Waals surface area contributed by atoms with Gasteiger partial charge in [-0.3, -0.25) is 9.69 Å². The topological polar surface area (TPSA) is 66.5 Å². The lowest BCUT2D eigenvalue weighted by atomic mass is 9.98. The molecule has 0 aliphatic carbocycles. The summed E-state index contributed by atoms with van der Waals surface area (Å²) in [6.07, 6.45) is 1.73. The molecule has 0 unspecified atom stereocenters. The van der Waals surface area contributed by atoms with Gasteiger partial charge in [0.25, 0.3) is 0 Å². The van der Waals surface area contributed by atoms with Gasteiger partial charge in [0.2, 0.25) is 5.78 Å². The van der Waals surface area contributed by atoms with Crippen LogP contribution in [0.5, 0.6) is 28.7 Å². The molecule has 3 aromatic rings. The highest BCUT2D eigenvalue weighted by Crippen LogP contribution is 2.44. The molecule has 3 aromatic carbocycles. The number of Topliss-reactive ketones (excluding diaryl/α,β-unsaturated/α-hetero) is 1. The number of nitrogens with zero attached hydrogens (tertiary/aromatic N) is 1. The zero-order valence-corrected chi connectivity index (χ0v) is 20.2. The first-order valence-electron chi connectivity index (χ1n) is 11.3. The molecule has 0 amide bonds. The molecule has 35 heavy (non-hydrogen) atoms. The van der Waals surface area contributed by atoms with Crippen LogP contribution in [-0.2, 0) is 13.1 Å². The number of hydrogen-bond donors (Lipinski definition) is 0. The van der Waals surface area contributed by atoms with Crippen molar-refractivity contribution < 1.29 is 28.5 Å². The Morgan fingerprint density at radius 3 is 2.51 bits per heavy atom. The second-order valence-electron chi connectivity index (χ2n) is 8.51. The molecule has 5 rings (SSSR count). The van der Waals surface area contributed by atoms with Gasteiger partial charge in [-0.2, -0.15) is 0 Å². The first kappa shape index (κ1) is 22.8. The second kappa shape index (κ2) is 9.35. The zero-order chi connectivity index (χ0) is 24.5. The van der Waals surface area contributed by atoms with Gasteiger partial charge in [0, 0.05) is 18.7 Å². The predicted octanol–water partition coefficient (Wildman–Crippen LogP) is 4.99. The summed E-state index contributed by atoms with van der Waals surface area (Å²) in [6, 6.07) is 15.3. The van der Waals surface area contributed by atoms with Crippen LogP contribution in [0, 0.1) is 6.92 Å². The summed E-state index contributed by atoms with van der Waals surface area (Å²) in [5.74, 6) is 3.50. The summed E-state index contributed by atoms with van der Waals surface area (Å²) in [6.45, 7) is 3.56. The smallest absolute Gasteiger partial charge is 0.232 e. The van der Waals surface area contributed by atoms with Gasteiger partial charge in [0.1, 0.15) is 24.0 Å². The Morgan fingerprint density at radius 2 is 1.74 bits per heavy atom. The lowest BCUT2D eigenvalue weighted by molar-refractivity contribution is 0.0871. The monoisotopic (exact) mass is 473 g/mol. The summed E-state index contributed by atoms with van der Waals surface area (Å²) in [5, 5.41) is 0. The van der Waals surface area contributed by atoms with Crippen molar-refractivity contribution in [1.82, 2.24) is 4.90 Å². The molecule has 2 aliphatic rings. The third kappa shape index (κ3) is 4.19. The Hall–Kier alpha value is -3.97. The van der Waals surface area contributed by atoms with E-state index in [2.05, 4.69) is 4.90 Å². The SMILES string of the molecule is COc1ccccc1/C=C1\Oc2c3c(cc(C)c2C1=O)OCN(Cc1ccc(OC)c(OC)c1)C3. The zero-order valence-electron chi connectivity index (χ0n) is 20.2. The quantitative estimate of drug-likeness (QED) is 0.467. The summed E-state index contributed by atoms with van der Waals surface area (Å²) in [5.41, 5.74) is 4.13. The summed E-state index contributed by atoms with van der Waals surface area (Å²) >= 11 is 0. The summed E-state index contributed by atoms with van der Waals surface area (Å²) < 4.78 is 28.5. The largest absolute Gasteiger partial charge is 0.496 e. The number of para-hydroxylation sites is 1. The number of fused-ring (bicyclic) bond motifs is 3. The van der Waals surface area contributed by atoms with Crippen molar-refractivity contribution in [2.45, 2.75) is 20.0 Å². The molecule has 0 saturated carbocycles. The van der Waals surface area contributed by atoms with Gasteiger partial charge in [0.05, 0.1) is 32.5 Å². The average Bonchev–Trinajstić information content (AvgIpc) is 3.21. The Balaban J connectivity index is 1.44. The number of hydrogen-bond acceptors (Lipinski definition) is 7. The summed E-state index contributed by atoms with van der Waals surface area (Å²) in [4.78, 5) is 15.4. The molecule has 180 valence electrons. The van der Waals surface area contributed by atoms with E-state index >= 15 is 0 Å². The van der Waals surface area contributed by atoms with Crippen LogP contribution in [-0.4, -0.2) is 38.7 Å². The van der Waals surface area contributed by atoms with E-state index in [0.29, 0.717) is 48.4 Å². The van der Waals surface area contributed by atoms with Crippen LogP contribution in [0.1, 0.15) is 32.6 Å². The van der Waals surface area contributed by atoms with Crippen molar-refractivity contribution >= 4 is 11.9 Å². The molecule has 0 bridgehead atoms. The Morgan fingerprint density at radius 1 is 0.971 bits per heavy atom. The van der Waals surface area contributed by atoms with Crippen molar-refractivity contribution in [3.63, 3.8) is 0 Å².